The second kappa shape index (κ2) is 8.33. The Morgan fingerprint density at radius 3 is 3.04 bits per heavy atom. The van der Waals surface area contributed by atoms with Crippen LogP contribution in [0.25, 0.3) is 11.6 Å². The Morgan fingerprint density at radius 1 is 1.40 bits per heavy atom. The fourth-order valence-corrected chi connectivity index (χ4v) is 3.95. The maximum atomic E-state index is 5.26. The van der Waals surface area contributed by atoms with Crippen molar-refractivity contribution in [2.45, 2.75) is 30.9 Å². The summed E-state index contributed by atoms with van der Waals surface area (Å²) in [6.45, 7) is 3.91. The number of hydrogen-bond donors (Lipinski definition) is 2. The van der Waals surface area contributed by atoms with Gasteiger partial charge in [0.1, 0.15) is 5.69 Å². The topological polar surface area (TPSA) is 88.2 Å². The van der Waals surface area contributed by atoms with Crippen LogP contribution in [0.3, 0.4) is 0 Å². The maximum absolute atomic E-state index is 5.26. The molecule has 2 aromatic heterocycles. The lowest BCUT2D eigenvalue weighted by Crippen LogP contribution is -2.44. The predicted octanol–water partition coefficient (Wildman–Crippen LogP) is 2.12. The minimum atomic E-state index is 0.308. The highest BCUT2D eigenvalue weighted by Gasteiger charge is 2.29. The lowest BCUT2D eigenvalue weighted by molar-refractivity contribution is 0.421. The second-order valence-corrected chi connectivity index (χ2v) is 7.92. The Balaban J connectivity index is 1.44. The first-order valence-corrected chi connectivity index (χ1v) is 9.49. The number of hydrogen-bond acceptors (Lipinski definition) is 6. The van der Waals surface area contributed by atoms with Crippen molar-refractivity contribution in [2.75, 3.05) is 25.9 Å². The van der Waals surface area contributed by atoms with Crippen LogP contribution in [0.15, 0.2) is 33.9 Å². The van der Waals surface area contributed by atoms with Gasteiger partial charge in [-0.05, 0) is 37.7 Å². The molecule has 8 heteroatoms. The Morgan fingerprint density at radius 2 is 2.32 bits per heavy atom. The molecule has 2 aromatic rings. The third kappa shape index (κ3) is 4.94. The van der Waals surface area contributed by atoms with Crippen LogP contribution in [-0.2, 0) is 6.42 Å². The highest BCUT2D eigenvalue weighted by Crippen LogP contribution is 2.36. The van der Waals surface area contributed by atoms with E-state index in [0.717, 1.165) is 12.5 Å². The summed E-state index contributed by atoms with van der Waals surface area (Å²) in [5.74, 6) is 3.16. The molecule has 0 saturated carbocycles. The second-order valence-electron chi connectivity index (χ2n) is 6.24. The molecule has 7 nitrogen and oxygen atoms in total. The number of aliphatic imine (C=N–C) groups is 1. The Hall–Kier alpha value is -2.09. The van der Waals surface area contributed by atoms with E-state index in [2.05, 4.69) is 37.7 Å². The number of guanidine groups is 1. The first-order valence-electron chi connectivity index (χ1n) is 8.51. The van der Waals surface area contributed by atoms with Crippen LogP contribution in [0.1, 0.15) is 25.6 Å². The summed E-state index contributed by atoms with van der Waals surface area (Å²) in [5, 5.41) is 10.7. The van der Waals surface area contributed by atoms with Crippen molar-refractivity contribution in [3.8, 4) is 11.6 Å². The first-order chi connectivity index (χ1) is 12.2. The van der Waals surface area contributed by atoms with Gasteiger partial charge in [-0.2, -0.15) is 16.7 Å². The van der Waals surface area contributed by atoms with Gasteiger partial charge in [-0.15, -0.1) is 0 Å². The summed E-state index contributed by atoms with van der Waals surface area (Å²) in [6, 6.07) is 5.60. The van der Waals surface area contributed by atoms with Crippen LogP contribution >= 0.6 is 11.8 Å². The van der Waals surface area contributed by atoms with Crippen molar-refractivity contribution >= 4 is 17.7 Å². The molecule has 1 unspecified atom stereocenters. The molecule has 1 atom stereocenters. The molecule has 1 saturated heterocycles. The van der Waals surface area contributed by atoms with E-state index in [9.17, 15) is 0 Å². The summed E-state index contributed by atoms with van der Waals surface area (Å²) in [4.78, 5) is 12.9. The van der Waals surface area contributed by atoms with Gasteiger partial charge in [0.15, 0.2) is 11.8 Å². The first kappa shape index (κ1) is 17.7. The van der Waals surface area contributed by atoms with Crippen molar-refractivity contribution in [1.82, 2.24) is 25.8 Å². The fourth-order valence-electron chi connectivity index (χ4n) is 2.71. The van der Waals surface area contributed by atoms with E-state index >= 15 is 0 Å². The zero-order valence-corrected chi connectivity index (χ0v) is 15.5. The lowest BCUT2D eigenvalue weighted by atomic mass is 10.1. The Bertz CT molecular complexity index is 696. The highest BCUT2D eigenvalue weighted by atomic mass is 32.2. The molecule has 0 bridgehead atoms. The summed E-state index contributed by atoms with van der Waals surface area (Å²) in [5.41, 5.74) is 0.689. The zero-order valence-electron chi connectivity index (χ0n) is 14.7. The molecule has 0 amide bonds. The molecule has 25 heavy (non-hydrogen) atoms. The molecule has 0 radical (unpaired) electrons. The van der Waals surface area contributed by atoms with Gasteiger partial charge >= 0.3 is 0 Å². The van der Waals surface area contributed by atoms with Crippen LogP contribution in [0.5, 0.6) is 0 Å². The van der Waals surface area contributed by atoms with Crippen LogP contribution in [0, 0.1) is 0 Å². The molecular weight excluding hydrogens is 336 g/mol. The van der Waals surface area contributed by atoms with E-state index in [0.29, 0.717) is 35.1 Å². The molecule has 134 valence electrons. The summed E-state index contributed by atoms with van der Waals surface area (Å²) in [7, 11) is 1.78. The smallest absolute Gasteiger partial charge is 0.276 e. The van der Waals surface area contributed by atoms with E-state index in [4.69, 9.17) is 4.52 Å². The quantitative estimate of drug-likeness (QED) is 0.602. The van der Waals surface area contributed by atoms with Crippen molar-refractivity contribution in [1.29, 1.82) is 0 Å². The van der Waals surface area contributed by atoms with E-state index in [1.807, 2.05) is 30.0 Å². The van der Waals surface area contributed by atoms with Crippen LogP contribution < -0.4 is 10.6 Å². The number of nitrogens with zero attached hydrogens (tertiary/aromatic N) is 4. The molecular formula is C17H24N6OS. The standard InChI is InChI=1S/C17H24N6OS/c1-17(8-5-11-25-17)12-21-16(18-2)20-10-7-14-22-15(24-23-14)13-6-3-4-9-19-13/h3-4,6,9H,5,7-8,10-12H2,1-2H3,(H2,18,20,21). The molecule has 3 heterocycles. The molecule has 1 fully saturated rings. The van der Waals surface area contributed by atoms with E-state index in [1.165, 1.54) is 18.6 Å². The van der Waals surface area contributed by atoms with Gasteiger partial charge in [-0.25, -0.2) is 0 Å². The van der Waals surface area contributed by atoms with Crippen molar-refractivity contribution < 1.29 is 4.52 Å². The molecule has 1 aliphatic heterocycles. The third-order valence-corrected chi connectivity index (χ3v) is 5.69. The molecule has 1 aliphatic rings. The van der Waals surface area contributed by atoms with Gasteiger partial charge < -0.3 is 15.2 Å². The normalized spacial score (nSPS) is 20.6. The van der Waals surface area contributed by atoms with E-state index in [-0.39, 0.29) is 0 Å². The largest absolute Gasteiger partial charge is 0.356 e. The van der Waals surface area contributed by atoms with Gasteiger partial charge in [0.25, 0.3) is 5.89 Å². The fraction of sp³-hybridized carbons (Fsp3) is 0.529. The zero-order chi connectivity index (χ0) is 17.5. The van der Waals surface area contributed by atoms with Gasteiger partial charge in [-0.3, -0.25) is 9.98 Å². The Kier molecular flexibility index (Phi) is 5.91. The van der Waals surface area contributed by atoms with Crippen LogP contribution in [0.4, 0.5) is 0 Å². The number of rotatable bonds is 6. The Labute approximate surface area is 152 Å². The SMILES string of the molecule is CN=C(NCCc1noc(-c2ccccn2)n1)NCC1(C)CCCS1. The van der Waals surface area contributed by atoms with Gasteiger partial charge in [0.2, 0.25) is 0 Å². The highest BCUT2D eigenvalue weighted by molar-refractivity contribution is 8.00. The van der Waals surface area contributed by atoms with Gasteiger partial charge in [0, 0.05) is 37.5 Å². The van der Waals surface area contributed by atoms with E-state index in [1.54, 1.807) is 13.2 Å². The molecule has 0 spiro atoms. The average Bonchev–Trinajstić information content (AvgIpc) is 3.28. The third-order valence-electron chi connectivity index (χ3n) is 4.15. The van der Waals surface area contributed by atoms with Gasteiger partial charge in [0.05, 0.1) is 0 Å². The molecule has 0 aliphatic carbocycles. The molecule has 2 N–H and O–H groups in total. The van der Waals surface area contributed by atoms with Crippen molar-refractivity contribution in [3.63, 3.8) is 0 Å². The summed E-state index contributed by atoms with van der Waals surface area (Å²) in [6.07, 6.45) is 4.91. The monoisotopic (exact) mass is 360 g/mol. The van der Waals surface area contributed by atoms with E-state index < -0.39 is 0 Å². The number of nitrogens with one attached hydrogen (secondary N) is 2. The number of pyridine rings is 1. The molecule has 3 rings (SSSR count). The van der Waals surface area contributed by atoms with Gasteiger partial charge in [-0.1, -0.05) is 11.2 Å². The number of aromatic nitrogens is 3. The maximum Gasteiger partial charge on any atom is 0.276 e. The van der Waals surface area contributed by atoms with Crippen LogP contribution in [-0.4, -0.2) is 51.7 Å². The molecule has 0 aromatic carbocycles. The van der Waals surface area contributed by atoms with Crippen molar-refractivity contribution in [2.24, 2.45) is 4.99 Å². The number of thioether (sulfide) groups is 1. The predicted molar refractivity (Wildman–Crippen MR) is 101 cm³/mol. The average molecular weight is 360 g/mol. The minimum Gasteiger partial charge on any atom is -0.356 e. The summed E-state index contributed by atoms with van der Waals surface area (Å²) < 4.78 is 5.57. The lowest BCUT2D eigenvalue weighted by Gasteiger charge is -2.24. The minimum absolute atomic E-state index is 0.308. The summed E-state index contributed by atoms with van der Waals surface area (Å²) >= 11 is 2.03. The van der Waals surface area contributed by atoms with Crippen LogP contribution in [0.2, 0.25) is 0 Å². The van der Waals surface area contributed by atoms with Crippen molar-refractivity contribution in [3.05, 3.63) is 30.2 Å².